The zero-order valence-electron chi connectivity index (χ0n) is 21.0. The van der Waals surface area contributed by atoms with Crippen molar-refractivity contribution in [3.63, 3.8) is 0 Å². The van der Waals surface area contributed by atoms with E-state index in [4.69, 9.17) is 9.72 Å². The maximum atomic E-state index is 13.1. The molecule has 1 N–H and O–H groups in total. The molecule has 2 fully saturated rings. The molecule has 0 radical (unpaired) electrons. The first-order valence-corrected chi connectivity index (χ1v) is 12.8. The largest absolute Gasteiger partial charge is 0.493 e. The van der Waals surface area contributed by atoms with Crippen LogP contribution in [0.4, 0.5) is 10.1 Å². The number of aliphatic carboxylic acids is 1. The normalized spacial score (nSPS) is 17.4. The van der Waals surface area contributed by atoms with E-state index in [1.54, 1.807) is 12.1 Å². The smallest absolute Gasteiger partial charge is 0.307 e. The van der Waals surface area contributed by atoms with Gasteiger partial charge in [-0.25, -0.2) is 4.39 Å². The Hall–Kier alpha value is -3.41. The van der Waals surface area contributed by atoms with E-state index in [2.05, 4.69) is 4.90 Å². The van der Waals surface area contributed by atoms with E-state index in [0.29, 0.717) is 18.9 Å². The van der Waals surface area contributed by atoms with E-state index in [9.17, 15) is 14.3 Å². The lowest BCUT2D eigenvalue weighted by molar-refractivity contribution is -0.136. The van der Waals surface area contributed by atoms with Crippen LogP contribution in [0.2, 0.25) is 0 Å². The zero-order valence-corrected chi connectivity index (χ0v) is 21.0. The van der Waals surface area contributed by atoms with E-state index in [0.717, 1.165) is 70.5 Å². The molecule has 2 heterocycles. The Morgan fingerprint density at radius 2 is 1.75 bits per heavy atom. The lowest BCUT2D eigenvalue weighted by atomic mass is 9.95. The Morgan fingerprint density at radius 1 is 1.03 bits per heavy atom. The molecular formula is C30H33FN2O3. The van der Waals surface area contributed by atoms with Gasteiger partial charge >= 0.3 is 5.97 Å². The van der Waals surface area contributed by atoms with Gasteiger partial charge in [0.05, 0.1) is 18.7 Å². The van der Waals surface area contributed by atoms with Gasteiger partial charge in [-0.05, 0) is 80.3 Å². The summed E-state index contributed by atoms with van der Waals surface area (Å²) in [4.78, 5) is 19.0. The molecule has 1 saturated heterocycles. The summed E-state index contributed by atoms with van der Waals surface area (Å²) in [6.45, 7) is 6.37. The lowest BCUT2D eigenvalue weighted by Gasteiger charge is -2.27. The van der Waals surface area contributed by atoms with Crippen LogP contribution in [-0.2, 0) is 17.6 Å². The molecule has 2 aromatic carbocycles. The molecule has 0 amide bonds. The van der Waals surface area contributed by atoms with Crippen molar-refractivity contribution in [3.05, 3.63) is 76.9 Å². The third-order valence-corrected chi connectivity index (χ3v) is 7.53. The summed E-state index contributed by atoms with van der Waals surface area (Å²) in [6.07, 6.45) is 4.48. The van der Waals surface area contributed by atoms with Crippen molar-refractivity contribution in [1.29, 1.82) is 0 Å². The number of nitrogens with zero attached hydrogens (tertiary/aromatic N) is 2. The summed E-state index contributed by atoms with van der Waals surface area (Å²) in [5, 5.41) is 9.67. The molecule has 188 valence electrons. The Kier molecular flexibility index (Phi) is 6.95. The second kappa shape index (κ2) is 10.3. The highest BCUT2D eigenvalue weighted by molar-refractivity contribution is 5.86. The third-order valence-electron chi connectivity index (χ3n) is 7.53. The maximum absolute atomic E-state index is 13.1. The fourth-order valence-corrected chi connectivity index (χ4v) is 5.52. The molecule has 0 bridgehead atoms. The number of carboxylic acids is 1. The molecule has 6 heteroatoms. The van der Waals surface area contributed by atoms with Crippen LogP contribution in [0.25, 0.3) is 11.1 Å². The molecule has 1 aliphatic carbocycles. The lowest BCUT2D eigenvalue weighted by Crippen LogP contribution is -2.24. The summed E-state index contributed by atoms with van der Waals surface area (Å²) >= 11 is 0. The van der Waals surface area contributed by atoms with Crippen molar-refractivity contribution in [2.75, 3.05) is 24.6 Å². The van der Waals surface area contributed by atoms with Crippen LogP contribution in [0.3, 0.4) is 0 Å². The van der Waals surface area contributed by atoms with Crippen LogP contribution < -0.4 is 9.64 Å². The van der Waals surface area contributed by atoms with Crippen molar-refractivity contribution in [2.24, 2.45) is 11.8 Å². The first kappa shape index (κ1) is 24.3. The van der Waals surface area contributed by atoms with E-state index < -0.39 is 5.97 Å². The molecule has 5 rings (SSSR count). The number of halogens is 1. The molecule has 1 atom stereocenters. The Morgan fingerprint density at radius 3 is 2.42 bits per heavy atom. The van der Waals surface area contributed by atoms with Gasteiger partial charge in [0.25, 0.3) is 0 Å². The monoisotopic (exact) mass is 488 g/mol. The van der Waals surface area contributed by atoms with Gasteiger partial charge in [-0.2, -0.15) is 0 Å². The predicted octanol–water partition coefficient (Wildman–Crippen LogP) is 5.99. The fourth-order valence-electron chi connectivity index (χ4n) is 5.52. The van der Waals surface area contributed by atoms with Gasteiger partial charge in [-0.15, -0.1) is 0 Å². The fraction of sp³-hybridized carbons (Fsp3) is 0.400. The summed E-state index contributed by atoms with van der Waals surface area (Å²) in [5.41, 5.74) is 6.63. The molecule has 36 heavy (non-hydrogen) atoms. The number of rotatable bonds is 9. The standard InChI is InChI=1S/C30H33FN2O3/c1-19-27(17-28(34)35)30(33-15-13-24(18-33)22-5-6-22)29(20(2)32-19)23-7-11-26(12-8-23)36-16-14-21-3-9-25(31)10-4-21/h3-4,7-12,22,24H,5-6,13-18H2,1-2H3,(H,34,35). The van der Waals surface area contributed by atoms with Crippen LogP contribution in [0, 0.1) is 31.5 Å². The highest BCUT2D eigenvalue weighted by Crippen LogP contribution is 2.45. The maximum Gasteiger partial charge on any atom is 0.307 e. The van der Waals surface area contributed by atoms with Gasteiger partial charge in [0.15, 0.2) is 0 Å². The predicted molar refractivity (Wildman–Crippen MR) is 139 cm³/mol. The molecule has 1 saturated carbocycles. The molecular weight excluding hydrogens is 455 g/mol. The van der Waals surface area contributed by atoms with Gasteiger partial charge in [-0.1, -0.05) is 24.3 Å². The average molecular weight is 489 g/mol. The number of aryl methyl sites for hydroxylation is 2. The molecule has 5 nitrogen and oxygen atoms in total. The van der Waals surface area contributed by atoms with Gasteiger partial charge < -0.3 is 14.7 Å². The minimum Gasteiger partial charge on any atom is -0.493 e. The van der Waals surface area contributed by atoms with Gasteiger partial charge in [-0.3, -0.25) is 9.78 Å². The molecule has 1 aliphatic heterocycles. The molecule has 2 aliphatic rings. The van der Waals surface area contributed by atoms with E-state index in [1.165, 1.54) is 25.0 Å². The SMILES string of the molecule is Cc1nc(C)c(-c2ccc(OCCc3ccc(F)cc3)cc2)c(N2CCC(C3CC3)C2)c1CC(=O)O. The Bertz CT molecular complexity index is 1240. The van der Waals surface area contributed by atoms with Crippen LogP contribution in [0.5, 0.6) is 5.75 Å². The molecule has 3 aromatic rings. The van der Waals surface area contributed by atoms with Crippen molar-refractivity contribution < 1.29 is 19.0 Å². The van der Waals surface area contributed by atoms with Crippen molar-refractivity contribution >= 4 is 11.7 Å². The molecule has 1 aromatic heterocycles. The van der Waals surface area contributed by atoms with Crippen LogP contribution in [-0.4, -0.2) is 35.8 Å². The van der Waals surface area contributed by atoms with Crippen molar-refractivity contribution in [2.45, 2.75) is 46.0 Å². The number of aromatic nitrogens is 1. The van der Waals surface area contributed by atoms with E-state index >= 15 is 0 Å². The molecule has 0 spiro atoms. The quantitative estimate of drug-likeness (QED) is 0.401. The van der Waals surface area contributed by atoms with E-state index in [-0.39, 0.29) is 12.2 Å². The topological polar surface area (TPSA) is 62.7 Å². The van der Waals surface area contributed by atoms with Gasteiger partial charge in [0.2, 0.25) is 0 Å². The zero-order chi connectivity index (χ0) is 25.2. The first-order valence-electron chi connectivity index (χ1n) is 12.8. The second-order valence-electron chi connectivity index (χ2n) is 10.1. The summed E-state index contributed by atoms with van der Waals surface area (Å²) in [7, 11) is 0. The number of hydrogen-bond acceptors (Lipinski definition) is 4. The number of anilines is 1. The number of benzene rings is 2. The number of carbonyl (C=O) groups is 1. The van der Waals surface area contributed by atoms with Crippen LogP contribution in [0.15, 0.2) is 48.5 Å². The minimum atomic E-state index is -0.834. The summed E-state index contributed by atoms with van der Waals surface area (Å²) in [5.74, 6) is 1.22. The molecule has 1 unspecified atom stereocenters. The van der Waals surface area contributed by atoms with Gasteiger partial charge in [0.1, 0.15) is 11.6 Å². The van der Waals surface area contributed by atoms with Crippen LogP contribution in [0.1, 0.15) is 41.8 Å². The second-order valence-corrected chi connectivity index (χ2v) is 10.1. The van der Waals surface area contributed by atoms with Crippen LogP contribution >= 0.6 is 0 Å². The number of carboxylic acid groups (broad SMARTS) is 1. The minimum absolute atomic E-state index is 0.0311. The summed E-state index contributed by atoms with van der Waals surface area (Å²) in [6, 6.07) is 14.5. The average Bonchev–Trinajstić information content (AvgIpc) is 3.59. The first-order chi connectivity index (χ1) is 17.4. The van der Waals surface area contributed by atoms with Crippen molar-refractivity contribution in [3.8, 4) is 16.9 Å². The third kappa shape index (κ3) is 5.38. The number of ether oxygens (including phenoxy) is 1. The number of pyridine rings is 1. The highest BCUT2D eigenvalue weighted by atomic mass is 19.1. The van der Waals surface area contributed by atoms with Crippen molar-refractivity contribution in [1.82, 2.24) is 4.98 Å². The summed E-state index contributed by atoms with van der Waals surface area (Å²) < 4.78 is 19.0. The Labute approximate surface area is 211 Å². The number of hydrogen-bond donors (Lipinski definition) is 1. The van der Waals surface area contributed by atoms with E-state index in [1.807, 2.05) is 38.1 Å². The van der Waals surface area contributed by atoms with Gasteiger partial charge in [0, 0.05) is 42.0 Å². The Balaban J connectivity index is 1.40. The highest BCUT2D eigenvalue weighted by Gasteiger charge is 2.37.